The minimum absolute atomic E-state index is 0.445. The van der Waals surface area contributed by atoms with Gasteiger partial charge in [0.1, 0.15) is 0 Å². The number of primary amides is 1. The quantitative estimate of drug-likeness (QED) is 0.576. The smallest absolute Gasteiger partial charge is 0.325 e. The summed E-state index contributed by atoms with van der Waals surface area (Å²) in [7, 11) is 0. The van der Waals surface area contributed by atoms with Gasteiger partial charge in [0.25, 0.3) is 5.56 Å². The summed E-state index contributed by atoms with van der Waals surface area (Å²) in [6, 6.07) is 18.3. The Labute approximate surface area is 142 Å². The number of hydrogen-bond acceptors (Lipinski definition) is 4. The van der Waals surface area contributed by atoms with Crippen molar-refractivity contribution < 1.29 is 4.79 Å². The molecule has 2 aromatic carbocycles. The van der Waals surface area contributed by atoms with Gasteiger partial charge in [0, 0.05) is 22.1 Å². The van der Waals surface area contributed by atoms with E-state index in [-0.39, 0.29) is 0 Å². The van der Waals surface area contributed by atoms with E-state index < -0.39 is 11.6 Å². The molecule has 5 nitrogen and oxygen atoms in total. The summed E-state index contributed by atoms with van der Waals surface area (Å²) < 4.78 is 0.919. The first kappa shape index (κ1) is 14.6. The van der Waals surface area contributed by atoms with Gasteiger partial charge in [-0.05, 0) is 30.3 Å². The lowest BCUT2D eigenvalue weighted by atomic mass is 10.2. The van der Waals surface area contributed by atoms with E-state index in [2.05, 4.69) is 0 Å². The van der Waals surface area contributed by atoms with Crippen LogP contribution >= 0.6 is 11.8 Å². The predicted octanol–water partition coefficient (Wildman–Crippen LogP) is 3.71. The van der Waals surface area contributed by atoms with E-state index in [4.69, 9.17) is 5.73 Å². The zero-order valence-corrected chi connectivity index (χ0v) is 13.4. The summed E-state index contributed by atoms with van der Waals surface area (Å²) in [5.41, 5.74) is 7.55. The molecule has 0 aliphatic carbocycles. The van der Waals surface area contributed by atoms with E-state index in [1.54, 1.807) is 17.8 Å². The number of hydrogen-bond donors (Lipinski definition) is 1. The number of anilines is 3. The van der Waals surface area contributed by atoms with Crippen molar-refractivity contribution in [2.75, 3.05) is 4.90 Å². The molecule has 0 bridgehead atoms. The van der Waals surface area contributed by atoms with Crippen LogP contribution < -0.4 is 16.2 Å². The maximum Gasteiger partial charge on any atom is 0.325 e. The molecular formula is C18H13N3O2S. The van der Waals surface area contributed by atoms with Crippen molar-refractivity contribution in [3.05, 3.63) is 77.2 Å². The second kappa shape index (κ2) is 5.58. The Hall–Kier alpha value is -2.99. The Kier molecular flexibility index (Phi) is 3.39. The van der Waals surface area contributed by atoms with Crippen molar-refractivity contribution in [1.29, 1.82) is 0 Å². The molecular weight excluding hydrogens is 322 g/mol. The molecule has 0 unspecified atom stereocenters. The van der Waals surface area contributed by atoms with Crippen molar-refractivity contribution in [3.8, 4) is 0 Å². The molecule has 0 saturated heterocycles. The van der Waals surface area contributed by atoms with Crippen LogP contribution in [0.4, 0.5) is 21.9 Å². The van der Waals surface area contributed by atoms with Crippen LogP contribution in [0.25, 0.3) is 0 Å². The van der Waals surface area contributed by atoms with Crippen molar-refractivity contribution in [1.82, 2.24) is 4.57 Å². The zero-order valence-electron chi connectivity index (χ0n) is 12.5. The Morgan fingerprint density at radius 1 is 0.875 bits per heavy atom. The lowest BCUT2D eigenvalue weighted by Crippen LogP contribution is -2.31. The van der Waals surface area contributed by atoms with E-state index in [0.29, 0.717) is 5.69 Å². The molecule has 4 rings (SSSR count). The van der Waals surface area contributed by atoms with Crippen molar-refractivity contribution in [2.24, 2.45) is 5.73 Å². The van der Waals surface area contributed by atoms with Gasteiger partial charge >= 0.3 is 6.03 Å². The largest absolute Gasteiger partial charge is 0.351 e. The second-order valence-corrected chi connectivity index (χ2v) is 6.39. The molecule has 1 aliphatic rings. The Balaban J connectivity index is 1.97. The highest BCUT2D eigenvalue weighted by molar-refractivity contribution is 7.99. The molecule has 24 heavy (non-hydrogen) atoms. The van der Waals surface area contributed by atoms with Crippen molar-refractivity contribution in [2.45, 2.75) is 9.79 Å². The summed E-state index contributed by atoms with van der Waals surface area (Å²) in [4.78, 5) is 27.6. The average molecular weight is 335 g/mol. The third-order valence-corrected chi connectivity index (χ3v) is 4.95. The summed E-state index contributed by atoms with van der Waals surface area (Å²) in [5.74, 6) is 0. The number of carbonyl (C=O) groups is 1. The number of aromatic nitrogens is 1. The molecule has 1 amide bonds. The molecule has 3 aromatic rings. The van der Waals surface area contributed by atoms with Crippen LogP contribution in [0.15, 0.2) is 81.4 Å². The monoisotopic (exact) mass is 335 g/mol. The topological polar surface area (TPSA) is 68.3 Å². The van der Waals surface area contributed by atoms with E-state index in [0.717, 1.165) is 25.7 Å². The van der Waals surface area contributed by atoms with Gasteiger partial charge in [0.2, 0.25) is 0 Å². The number of para-hydroxylation sites is 2. The summed E-state index contributed by atoms with van der Waals surface area (Å²) in [6.45, 7) is 0. The van der Waals surface area contributed by atoms with E-state index in [9.17, 15) is 9.59 Å². The van der Waals surface area contributed by atoms with Gasteiger partial charge in [-0.15, -0.1) is 0 Å². The first-order valence-corrected chi connectivity index (χ1v) is 8.15. The van der Waals surface area contributed by atoms with E-state index in [1.807, 2.05) is 53.4 Å². The molecule has 1 aromatic heterocycles. The van der Waals surface area contributed by atoms with Crippen LogP contribution in [0, 0.1) is 0 Å². The lowest BCUT2D eigenvalue weighted by molar-refractivity contribution is 0.249. The normalized spacial score (nSPS) is 12.4. The lowest BCUT2D eigenvalue weighted by Gasteiger charge is -2.32. The van der Waals surface area contributed by atoms with Gasteiger partial charge in [-0.3, -0.25) is 4.79 Å². The van der Waals surface area contributed by atoms with Crippen LogP contribution in [0.1, 0.15) is 0 Å². The standard InChI is InChI=1S/C18H13N3O2S/c19-18(23)20-11-12(9-10-17(20)22)21-13-5-1-3-7-15(13)24-16-8-4-2-6-14(16)21/h1-11H,(H2,19,23). The molecule has 0 spiro atoms. The molecule has 2 N–H and O–H groups in total. The van der Waals surface area contributed by atoms with Gasteiger partial charge in [-0.25, -0.2) is 9.36 Å². The van der Waals surface area contributed by atoms with Gasteiger partial charge in [0.05, 0.1) is 17.1 Å². The number of pyridine rings is 1. The Bertz CT molecular complexity index is 967. The van der Waals surface area contributed by atoms with Crippen LogP contribution in [0.2, 0.25) is 0 Å². The Morgan fingerprint density at radius 2 is 1.46 bits per heavy atom. The minimum atomic E-state index is -0.796. The summed E-state index contributed by atoms with van der Waals surface area (Å²) >= 11 is 1.69. The molecule has 1 aliphatic heterocycles. The summed E-state index contributed by atoms with van der Waals surface area (Å²) in [5, 5.41) is 0. The molecule has 6 heteroatoms. The fourth-order valence-electron chi connectivity index (χ4n) is 2.76. The van der Waals surface area contributed by atoms with Crippen molar-refractivity contribution >= 4 is 34.9 Å². The zero-order chi connectivity index (χ0) is 16.7. The van der Waals surface area contributed by atoms with Gasteiger partial charge < -0.3 is 10.6 Å². The predicted molar refractivity (Wildman–Crippen MR) is 94.5 cm³/mol. The maximum absolute atomic E-state index is 11.8. The number of nitrogens with two attached hydrogens (primary N) is 1. The minimum Gasteiger partial charge on any atom is -0.351 e. The first-order chi connectivity index (χ1) is 11.6. The van der Waals surface area contributed by atoms with Gasteiger partial charge in [-0.1, -0.05) is 36.0 Å². The molecule has 2 heterocycles. The number of carbonyl (C=O) groups excluding carboxylic acids is 1. The van der Waals surface area contributed by atoms with Crippen LogP contribution in [0.3, 0.4) is 0 Å². The molecule has 0 atom stereocenters. The molecule has 0 saturated carbocycles. The first-order valence-electron chi connectivity index (χ1n) is 7.34. The molecule has 0 fully saturated rings. The fraction of sp³-hybridized carbons (Fsp3) is 0. The summed E-state index contributed by atoms with van der Waals surface area (Å²) in [6.07, 6.45) is 1.48. The van der Waals surface area contributed by atoms with Crippen LogP contribution in [-0.4, -0.2) is 10.6 Å². The third kappa shape index (κ3) is 2.28. The molecule has 0 radical (unpaired) electrons. The van der Waals surface area contributed by atoms with Crippen molar-refractivity contribution in [3.63, 3.8) is 0 Å². The highest BCUT2D eigenvalue weighted by atomic mass is 32.2. The van der Waals surface area contributed by atoms with Gasteiger partial charge in [-0.2, -0.15) is 0 Å². The highest BCUT2D eigenvalue weighted by Gasteiger charge is 2.24. The number of nitrogens with zero attached hydrogens (tertiary/aromatic N) is 2. The van der Waals surface area contributed by atoms with Crippen LogP contribution in [-0.2, 0) is 0 Å². The van der Waals surface area contributed by atoms with E-state index >= 15 is 0 Å². The van der Waals surface area contributed by atoms with Gasteiger partial charge in [0.15, 0.2) is 0 Å². The SMILES string of the molecule is NC(=O)n1cc(N2c3ccccc3Sc3ccccc32)ccc1=O. The average Bonchev–Trinajstić information content (AvgIpc) is 2.60. The maximum atomic E-state index is 11.8. The van der Waals surface area contributed by atoms with E-state index in [1.165, 1.54) is 12.3 Å². The molecule has 118 valence electrons. The second-order valence-electron chi connectivity index (χ2n) is 5.31. The van der Waals surface area contributed by atoms with Crippen LogP contribution in [0.5, 0.6) is 0 Å². The Morgan fingerprint density at radius 3 is 2.04 bits per heavy atom. The number of amides is 1. The highest BCUT2D eigenvalue weighted by Crippen LogP contribution is 2.50. The number of benzene rings is 2. The number of fused-ring (bicyclic) bond motifs is 2. The fourth-order valence-corrected chi connectivity index (χ4v) is 3.82. The number of rotatable bonds is 1. The third-order valence-electron chi connectivity index (χ3n) is 3.82.